The van der Waals surface area contributed by atoms with Gasteiger partial charge in [-0.1, -0.05) is 37.8 Å². The van der Waals surface area contributed by atoms with Gasteiger partial charge in [0.1, 0.15) is 12.3 Å². The summed E-state index contributed by atoms with van der Waals surface area (Å²) in [6, 6.07) is 13.0. The van der Waals surface area contributed by atoms with Crippen LogP contribution in [0.3, 0.4) is 0 Å². The quantitative estimate of drug-likeness (QED) is 0.313. The Kier molecular flexibility index (Phi) is 7.37. The molecule has 0 aliphatic carbocycles. The minimum Gasteiger partial charge on any atom is -0.444 e. The molecule has 1 aromatic carbocycles. The van der Waals surface area contributed by atoms with Crippen molar-refractivity contribution in [1.82, 2.24) is 25.5 Å². The lowest BCUT2D eigenvalue weighted by Crippen LogP contribution is -2.46. The van der Waals surface area contributed by atoms with E-state index in [1.807, 2.05) is 55.6 Å². The second-order valence-electron chi connectivity index (χ2n) is 9.23. The van der Waals surface area contributed by atoms with Gasteiger partial charge in [0.2, 0.25) is 11.8 Å². The lowest BCUT2D eigenvalue weighted by Gasteiger charge is -2.26. The fraction of sp³-hybridized carbons (Fsp3) is 0.241. The van der Waals surface area contributed by atoms with Gasteiger partial charge >= 0.3 is 0 Å². The highest BCUT2D eigenvalue weighted by molar-refractivity contribution is 7.19. The molecule has 1 aliphatic rings. The lowest BCUT2D eigenvalue weighted by molar-refractivity contribution is -0.134. The van der Waals surface area contributed by atoms with E-state index in [2.05, 4.69) is 27.2 Å². The van der Waals surface area contributed by atoms with Gasteiger partial charge in [-0.3, -0.25) is 19.5 Å². The first-order chi connectivity index (χ1) is 18.4. The Bertz CT molecular complexity index is 1470. The average Bonchev–Trinajstić information content (AvgIpc) is 3.65. The van der Waals surface area contributed by atoms with E-state index in [0.29, 0.717) is 42.5 Å². The van der Waals surface area contributed by atoms with Crippen molar-refractivity contribution in [3.05, 3.63) is 95.7 Å². The molecule has 1 fully saturated rings. The van der Waals surface area contributed by atoms with Crippen LogP contribution >= 0.6 is 11.3 Å². The molecule has 0 radical (unpaired) electrons. The van der Waals surface area contributed by atoms with Gasteiger partial charge in [-0.2, -0.15) is 0 Å². The van der Waals surface area contributed by atoms with Crippen LogP contribution in [0.4, 0.5) is 0 Å². The van der Waals surface area contributed by atoms with Crippen LogP contribution in [0, 0.1) is 5.92 Å². The summed E-state index contributed by atoms with van der Waals surface area (Å²) >= 11 is 1.62. The van der Waals surface area contributed by atoms with Gasteiger partial charge in [-0.25, -0.2) is 4.98 Å². The maximum Gasteiger partial charge on any atom is 0.274 e. The summed E-state index contributed by atoms with van der Waals surface area (Å²) < 4.78 is 6.72. The summed E-state index contributed by atoms with van der Waals surface area (Å²) in [7, 11) is 0. The third-order valence-electron chi connectivity index (χ3n) is 6.64. The van der Waals surface area contributed by atoms with Crippen LogP contribution < -0.4 is 10.6 Å². The molecular weight excluding hydrogens is 498 g/mol. The number of nitrogens with zero attached hydrogens (tertiary/aromatic N) is 3. The molecule has 194 valence electrons. The number of oxazole rings is 1. The van der Waals surface area contributed by atoms with Crippen LogP contribution in [0.5, 0.6) is 0 Å². The number of carbonyl (C=O) groups excluding carboxylic acids is 2. The smallest absolute Gasteiger partial charge is 0.274 e. The van der Waals surface area contributed by atoms with Gasteiger partial charge < -0.3 is 15.1 Å². The zero-order chi connectivity index (χ0) is 26.6. The number of benzene rings is 1. The zero-order valence-electron chi connectivity index (χ0n) is 21.3. The molecule has 3 aromatic heterocycles. The number of allylic oxidation sites excluding steroid dienone is 2. The molecule has 0 saturated carbocycles. The van der Waals surface area contributed by atoms with Crippen LogP contribution in [0.25, 0.3) is 21.5 Å². The lowest BCUT2D eigenvalue weighted by atomic mass is 10.1. The predicted molar refractivity (Wildman–Crippen MR) is 148 cm³/mol. The molecule has 0 spiro atoms. The van der Waals surface area contributed by atoms with Gasteiger partial charge in [0.25, 0.3) is 5.91 Å². The second kappa shape index (κ2) is 11.0. The first-order valence-electron chi connectivity index (χ1n) is 12.5. The number of hydrogen-bond donors (Lipinski definition) is 2. The van der Waals surface area contributed by atoms with Gasteiger partial charge in [0, 0.05) is 38.6 Å². The topological polar surface area (TPSA) is 100 Å². The number of nitrogens with one attached hydrogen (secondary N) is 2. The van der Waals surface area contributed by atoms with E-state index in [1.165, 1.54) is 4.90 Å². The van der Waals surface area contributed by atoms with Crippen LogP contribution in [0.15, 0.2) is 89.6 Å². The normalized spacial score (nSPS) is 17.7. The van der Waals surface area contributed by atoms with Crippen LogP contribution in [-0.2, 0) is 22.7 Å². The Morgan fingerprint density at radius 2 is 2.03 bits per heavy atom. The van der Waals surface area contributed by atoms with Gasteiger partial charge in [-0.05, 0) is 43.5 Å². The number of fused-ring (bicyclic) bond motifs is 1. The summed E-state index contributed by atoms with van der Waals surface area (Å²) in [4.78, 5) is 38.1. The van der Waals surface area contributed by atoms with Crippen molar-refractivity contribution in [3.63, 3.8) is 0 Å². The van der Waals surface area contributed by atoms with E-state index in [-0.39, 0.29) is 17.7 Å². The Morgan fingerprint density at radius 1 is 1.21 bits per heavy atom. The van der Waals surface area contributed by atoms with Gasteiger partial charge in [0.15, 0.2) is 0 Å². The Labute approximate surface area is 225 Å². The number of pyridine rings is 1. The van der Waals surface area contributed by atoms with E-state index in [4.69, 9.17) is 4.42 Å². The summed E-state index contributed by atoms with van der Waals surface area (Å²) in [5.41, 5.74) is 2.55. The highest BCUT2D eigenvalue weighted by atomic mass is 32.1. The van der Waals surface area contributed by atoms with E-state index in [0.717, 1.165) is 20.5 Å². The molecule has 4 aromatic rings. The maximum atomic E-state index is 13.6. The number of rotatable bonds is 8. The Morgan fingerprint density at radius 3 is 2.79 bits per heavy atom. The monoisotopic (exact) mass is 527 g/mol. The second-order valence-corrected chi connectivity index (χ2v) is 10.4. The van der Waals surface area contributed by atoms with Crippen molar-refractivity contribution in [3.8, 4) is 11.5 Å². The van der Waals surface area contributed by atoms with Crippen LogP contribution in [0.2, 0.25) is 0 Å². The molecule has 1 saturated heterocycles. The molecule has 5 rings (SSSR count). The first kappa shape index (κ1) is 25.4. The SMILES string of the molecule is C=C1C(C)CC(C(=O)NCc2cc3cnccc3s2)N1C(=O)/C(=C\C)NCc1coc(-c2ccccc2)n1. The third-order valence-corrected chi connectivity index (χ3v) is 7.76. The number of carbonyl (C=O) groups is 2. The minimum absolute atomic E-state index is 0.00665. The molecule has 4 heterocycles. The largest absolute Gasteiger partial charge is 0.444 e. The summed E-state index contributed by atoms with van der Waals surface area (Å²) in [5, 5.41) is 7.23. The number of likely N-dealkylation sites (tertiary alicyclic amines) is 1. The molecule has 0 bridgehead atoms. The van der Waals surface area contributed by atoms with Crippen LogP contribution in [0.1, 0.15) is 30.8 Å². The first-order valence-corrected chi connectivity index (χ1v) is 13.3. The molecule has 38 heavy (non-hydrogen) atoms. The van der Waals surface area contributed by atoms with Gasteiger partial charge in [-0.15, -0.1) is 11.3 Å². The number of hydrogen-bond acceptors (Lipinski definition) is 7. The fourth-order valence-corrected chi connectivity index (χ4v) is 5.52. The average molecular weight is 528 g/mol. The van der Waals surface area contributed by atoms with Crippen molar-refractivity contribution < 1.29 is 14.0 Å². The van der Waals surface area contributed by atoms with Crippen LogP contribution in [-0.4, -0.2) is 32.7 Å². The highest BCUT2D eigenvalue weighted by Gasteiger charge is 2.41. The molecule has 9 heteroatoms. The van der Waals surface area contributed by atoms with Gasteiger partial charge in [0.05, 0.1) is 24.5 Å². The van der Waals surface area contributed by atoms with Crippen molar-refractivity contribution in [2.24, 2.45) is 5.92 Å². The highest BCUT2D eigenvalue weighted by Crippen LogP contribution is 2.33. The summed E-state index contributed by atoms with van der Waals surface area (Å²) in [5.74, 6) is 0.0388. The number of amides is 2. The van der Waals surface area contributed by atoms with E-state index in [1.54, 1.807) is 36.8 Å². The Balaban J connectivity index is 1.24. The maximum absolute atomic E-state index is 13.6. The molecule has 2 unspecified atom stereocenters. The molecule has 2 amide bonds. The predicted octanol–water partition coefficient (Wildman–Crippen LogP) is 5.01. The van der Waals surface area contributed by atoms with E-state index in [9.17, 15) is 9.59 Å². The molecular formula is C29H29N5O3S. The standard InChI is InChI=1S/C29H29N5O3S/c1-4-24(31-15-22-17-37-28(33-22)20-8-6-5-7-9-20)29(36)34-19(3)18(2)12-25(34)27(35)32-16-23-13-21-14-30-11-10-26(21)38-23/h4-11,13-14,17-18,25,31H,3,12,15-16H2,1-2H3,(H,32,35)/b24-4+. The van der Waals surface area contributed by atoms with E-state index < -0.39 is 6.04 Å². The summed E-state index contributed by atoms with van der Waals surface area (Å²) in [6.45, 7) is 8.59. The molecule has 2 N–H and O–H groups in total. The Hall–Kier alpha value is -4.24. The number of thiophene rings is 1. The van der Waals surface area contributed by atoms with E-state index >= 15 is 0 Å². The summed E-state index contributed by atoms with van der Waals surface area (Å²) in [6.07, 6.45) is 7.37. The molecule has 8 nitrogen and oxygen atoms in total. The van der Waals surface area contributed by atoms with Crippen molar-refractivity contribution in [2.45, 2.75) is 39.4 Å². The third kappa shape index (κ3) is 5.24. The minimum atomic E-state index is -0.630. The van der Waals surface area contributed by atoms with Crippen molar-refractivity contribution in [1.29, 1.82) is 0 Å². The van der Waals surface area contributed by atoms with Crippen molar-refractivity contribution in [2.75, 3.05) is 0 Å². The number of aromatic nitrogens is 2. The molecule has 2 atom stereocenters. The fourth-order valence-electron chi connectivity index (χ4n) is 4.55. The zero-order valence-corrected chi connectivity index (χ0v) is 22.1. The van der Waals surface area contributed by atoms with Crippen molar-refractivity contribution >= 4 is 33.2 Å². The molecule has 1 aliphatic heterocycles.